The molecule has 1 fully saturated rings. The van der Waals surface area contributed by atoms with Gasteiger partial charge in [0.1, 0.15) is 11.5 Å². The topological polar surface area (TPSA) is 83.3 Å². The van der Waals surface area contributed by atoms with Gasteiger partial charge < -0.3 is 24.4 Å². The number of nitrogens with zero attached hydrogens (tertiary/aromatic N) is 1. The summed E-state index contributed by atoms with van der Waals surface area (Å²) in [5, 5.41) is 13.4. The summed E-state index contributed by atoms with van der Waals surface area (Å²) in [5.74, 6) is -0.765. The van der Waals surface area contributed by atoms with Crippen LogP contribution in [0.5, 0.6) is 11.5 Å². The van der Waals surface area contributed by atoms with E-state index in [1.165, 1.54) is 16.9 Å². The number of rotatable bonds is 8. The molecule has 31 heavy (non-hydrogen) atoms. The van der Waals surface area contributed by atoms with Crippen molar-refractivity contribution in [3.8, 4) is 11.5 Å². The van der Waals surface area contributed by atoms with Crippen LogP contribution in [0, 0.1) is 0 Å². The molecule has 2 aromatic rings. The molecule has 7 heteroatoms. The van der Waals surface area contributed by atoms with E-state index in [9.17, 15) is 14.7 Å². The van der Waals surface area contributed by atoms with E-state index < -0.39 is 23.5 Å². The molecule has 0 aromatic heterocycles. The Morgan fingerprint density at radius 1 is 1.03 bits per heavy atom. The van der Waals surface area contributed by atoms with E-state index in [2.05, 4.69) is 0 Å². The number of hydrogen-bond acceptors (Lipinski definition) is 5. The van der Waals surface area contributed by atoms with Crippen molar-refractivity contribution in [1.82, 2.24) is 4.90 Å². The Labute approximate surface area is 182 Å². The fraction of sp³-hybridized carbons (Fsp3) is 0.333. The van der Waals surface area contributed by atoms with Gasteiger partial charge in [-0.2, -0.15) is 0 Å². The molecule has 1 aliphatic heterocycles. The van der Waals surface area contributed by atoms with Crippen molar-refractivity contribution >= 4 is 17.4 Å². The lowest BCUT2D eigenvalue weighted by Gasteiger charge is -2.28. The van der Waals surface area contributed by atoms with E-state index in [0.717, 1.165) is 6.54 Å². The minimum absolute atomic E-state index is 0.0382. The van der Waals surface area contributed by atoms with Gasteiger partial charge in [-0.3, -0.25) is 9.59 Å². The summed E-state index contributed by atoms with van der Waals surface area (Å²) in [6, 6.07) is 13.0. The van der Waals surface area contributed by atoms with Crippen LogP contribution < -0.4 is 19.5 Å². The van der Waals surface area contributed by atoms with Gasteiger partial charge in [0.05, 0.1) is 40.9 Å². The predicted molar refractivity (Wildman–Crippen MR) is 115 cm³/mol. The van der Waals surface area contributed by atoms with Crippen molar-refractivity contribution < 1.29 is 29.1 Å². The first-order valence-corrected chi connectivity index (χ1v) is 10.2. The molecule has 2 aromatic carbocycles. The highest BCUT2D eigenvalue weighted by Gasteiger charge is 2.44. The molecule has 3 rings (SSSR count). The minimum Gasteiger partial charge on any atom is -0.872 e. The standard InChI is InChI=1S/C24H28N2O5/c1-25(2)12-7-13-26-21(16-8-5-10-18(14-16)30-3)20(23(28)24(26)29)22(27)17-9-6-11-19(15-17)31-4/h5-6,8-11,14-15,21,27H,7,12-13H2,1-4H3/b22-20+. The molecule has 1 N–H and O–H groups in total. The molecule has 1 amide bonds. The molecule has 0 saturated carbocycles. The number of benzene rings is 2. The van der Waals surface area contributed by atoms with Crippen molar-refractivity contribution in [3.05, 3.63) is 65.2 Å². The largest absolute Gasteiger partial charge is 0.872 e. The van der Waals surface area contributed by atoms with Crippen LogP contribution in [0.1, 0.15) is 23.6 Å². The van der Waals surface area contributed by atoms with Gasteiger partial charge in [-0.25, -0.2) is 0 Å². The highest BCUT2D eigenvalue weighted by molar-refractivity contribution is 6.46. The number of hydrogen-bond donors (Lipinski definition) is 1. The molecule has 0 radical (unpaired) electrons. The van der Waals surface area contributed by atoms with Crippen LogP contribution >= 0.6 is 0 Å². The van der Waals surface area contributed by atoms with Gasteiger partial charge in [0, 0.05) is 18.5 Å². The molecular formula is C24H28N2O5. The highest BCUT2D eigenvalue weighted by Crippen LogP contribution is 2.39. The van der Waals surface area contributed by atoms with Crippen LogP contribution in [-0.4, -0.2) is 58.0 Å². The van der Waals surface area contributed by atoms with Crippen molar-refractivity contribution in [3.63, 3.8) is 0 Å². The first-order chi connectivity index (χ1) is 14.9. The number of nitrogens with one attached hydrogen (secondary N) is 1. The number of Topliss-reactive ketones (excluding diaryl/α,β-unsaturated/α-hetero) is 1. The van der Waals surface area contributed by atoms with E-state index >= 15 is 0 Å². The van der Waals surface area contributed by atoms with Crippen molar-refractivity contribution in [2.24, 2.45) is 0 Å². The van der Waals surface area contributed by atoms with Gasteiger partial charge in [0.15, 0.2) is 0 Å². The quantitative estimate of drug-likeness (QED) is 0.378. The second-order valence-electron chi connectivity index (χ2n) is 7.79. The molecule has 164 valence electrons. The first-order valence-electron chi connectivity index (χ1n) is 10.2. The zero-order valence-electron chi connectivity index (χ0n) is 18.3. The first kappa shape index (κ1) is 22.4. The molecule has 0 aliphatic carbocycles. The van der Waals surface area contributed by atoms with Gasteiger partial charge in [-0.1, -0.05) is 30.0 Å². The lowest BCUT2D eigenvalue weighted by molar-refractivity contribution is -0.858. The fourth-order valence-electron chi connectivity index (χ4n) is 3.78. The Hall–Kier alpha value is -3.32. The number of likely N-dealkylation sites (tertiary alicyclic amines) is 1. The van der Waals surface area contributed by atoms with E-state index in [0.29, 0.717) is 35.6 Å². The maximum Gasteiger partial charge on any atom is 0.295 e. The molecule has 7 nitrogen and oxygen atoms in total. The third-order valence-corrected chi connectivity index (χ3v) is 5.35. The van der Waals surface area contributed by atoms with Crippen molar-refractivity contribution in [1.29, 1.82) is 0 Å². The summed E-state index contributed by atoms with van der Waals surface area (Å²) >= 11 is 0. The van der Waals surface area contributed by atoms with Crippen LogP contribution in [0.4, 0.5) is 0 Å². The predicted octanol–water partition coefficient (Wildman–Crippen LogP) is 0.462. The zero-order valence-corrected chi connectivity index (χ0v) is 18.3. The number of amides is 1. The molecular weight excluding hydrogens is 396 g/mol. The monoisotopic (exact) mass is 424 g/mol. The SMILES string of the molecule is COc1cccc(/C([O-])=C2\C(=O)C(=O)N(CCC[NH+](C)C)C2c2cccc(OC)c2)c1. The number of carbonyl (C=O) groups excluding carboxylic acids is 2. The zero-order chi connectivity index (χ0) is 22.5. The van der Waals surface area contributed by atoms with E-state index in [4.69, 9.17) is 9.47 Å². The Balaban J connectivity index is 2.12. The average molecular weight is 424 g/mol. The second-order valence-corrected chi connectivity index (χ2v) is 7.79. The lowest BCUT2D eigenvalue weighted by Crippen LogP contribution is -3.05. The summed E-state index contributed by atoms with van der Waals surface area (Å²) in [6.45, 7) is 1.22. The number of ether oxygens (including phenoxy) is 2. The number of ketones is 1. The van der Waals surface area contributed by atoms with Crippen LogP contribution in [0.15, 0.2) is 54.1 Å². The van der Waals surface area contributed by atoms with Gasteiger partial charge in [0.2, 0.25) is 5.78 Å². The van der Waals surface area contributed by atoms with Crippen LogP contribution in [0.25, 0.3) is 5.76 Å². The smallest absolute Gasteiger partial charge is 0.295 e. The summed E-state index contributed by atoms with van der Waals surface area (Å²) in [6.07, 6.45) is 0.711. The highest BCUT2D eigenvalue weighted by atomic mass is 16.5. The Kier molecular flexibility index (Phi) is 6.97. The van der Waals surface area contributed by atoms with Gasteiger partial charge in [0.25, 0.3) is 5.91 Å². The van der Waals surface area contributed by atoms with Crippen molar-refractivity contribution in [2.45, 2.75) is 12.5 Å². The molecule has 0 bridgehead atoms. The number of quaternary nitrogens is 1. The molecule has 1 atom stereocenters. The average Bonchev–Trinajstić information content (AvgIpc) is 3.03. The maximum atomic E-state index is 13.4. The van der Waals surface area contributed by atoms with E-state index in [1.54, 1.807) is 49.6 Å². The number of carbonyl (C=O) groups is 2. The number of methoxy groups -OCH3 is 2. The normalized spacial score (nSPS) is 18.0. The van der Waals surface area contributed by atoms with Crippen LogP contribution in [-0.2, 0) is 9.59 Å². The van der Waals surface area contributed by atoms with E-state index in [1.807, 2.05) is 20.2 Å². The summed E-state index contributed by atoms with van der Waals surface area (Å²) in [5.41, 5.74) is 0.939. The lowest BCUT2D eigenvalue weighted by atomic mass is 9.95. The molecule has 1 heterocycles. The van der Waals surface area contributed by atoms with Gasteiger partial charge in [-0.05, 0) is 35.4 Å². The van der Waals surface area contributed by atoms with Crippen LogP contribution in [0.2, 0.25) is 0 Å². The maximum absolute atomic E-state index is 13.4. The van der Waals surface area contributed by atoms with E-state index in [-0.39, 0.29) is 5.57 Å². The minimum atomic E-state index is -0.758. The third-order valence-electron chi connectivity index (χ3n) is 5.35. The van der Waals surface area contributed by atoms with Crippen molar-refractivity contribution in [2.75, 3.05) is 41.4 Å². The fourth-order valence-corrected chi connectivity index (χ4v) is 3.78. The van der Waals surface area contributed by atoms with Crippen LogP contribution in [0.3, 0.4) is 0 Å². The summed E-state index contributed by atoms with van der Waals surface area (Å²) in [4.78, 5) is 28.7. The summed E-state index contributed by atoms with van der Waals surface area (Å²) < 4.78 is 10.5. The van der Waals surface area contributed by atoms with Gasteiger partial charge in [-0.15, -0.1) is 0 Å². The Bertz CT molecular complexity index is 999. The molecule has 1 aliphatic rings. The Morgan fingerprint density at radius 3 is 2.32 bits per heavy atom. The van der Waals surface area contributed by atoms with Gasteiger partial charge >= 0.3 is 0 Å². The second kappa shape index (κ2) is 9.66. The third kappa shape index (κ3) is 4.72. The molecule has 1 unspecified atom stereocenters. The molecule has 0 spiro atoms. The Morgan fingerprint density at radius 2 is 1.68 bits per heavy atom. The summed E-state index contributed by atoms with van der Waals surface area (Å²) in [7, 11) is 7.11. The molecule has 1 saturated heterocycles.